The van der Waals surface area contributed by atoms with E-state index in [0.29, 0.717) is 14.8 Å². The van der Waals surface area contributed by atoms with E-state index in [-0.39, 0.29) is 17.0 Å². The lowest BCUT2D eigenvalue weighted by molar-refractivity contribution is 0.906. The Balaban J connectivity index is 1.45. The molecule has 0 amide bonds. The van der Waals surface area contributed by atoms with Gasteiger partial charge in [-0.3, -0.25) is 9.36 Å². The summed E-state index contributed by atoms with van der Waals surface area (Å²) in [5.41, 5.74) is 12.5. The van der Waals surface area contributed by atoms with Crippen molar-refractivity contribution >= 4 is 28.8 Å². The standard InChI is InChI=1S/C34H22N4OS/c35-20-28-31(27-17-15-26(16-18-27)24-9-5-2-6-10-24)29(21-36)34-38(32(28)37)33(39)30(40-34)19-22-11-13-25(14-12-22)23-7-3-1-4-8-23/h1-19,31H,37H2/b30-19-/t31-/m0/s1. The number of nitriles is 2. The van der Waals surface area contributed by atoms with Crippen molar-refractivity contribution in [3.8, 4) is 34.4 Å². The number of allylic oxidation sites excluding steroid dienone is 1. The molecule has 0 unspecified atom stereocenters. The first-order valence-corrected chi connectivity index (χ1v) is 13.5. The average Bonchev–Trinajstić information content (AvgIpc) is 3.34. The third-order valence-corrected chi connectivity index (χ3v) is 8.16. The van der Waals surface area contributed by atoms with E-state index in [1.807, 2.05) is 109 Å². The first kappa shape index (κ1) is 24.9. The lowest BCUT2D eigenvalue weighted by Crippen LogP contribution is -2.38. The van der Waals surface area contributed by atoms with Crippen LogP contribution in [0, 0.1) is 22.7 Å². The molecule has 0 saturated heterocycles. The third kappa shape index (κ3) is 4.33. The van der Waals surface area contributed by atoms with Gasteiger partial charge in [0, 0.05) is 0 Å². The van der Waals surface area contributed by atoms with Crippen LogP contribution >= 0.6 is 11.3 Å². The molecular formula is C34H22N4OS. The van der Waals surface area contributed by atoms with E-state index in [1.54, 1.807) is 6.08 Å². The largest absolute Gasteiger partial charge is 0.384 e. The third-order valence-electron chi connectivity index (χ3n) is 7.06. The highest BCUT2D eigenvalue weighted by molar-refractivity contribution is 7.07. The molecule has 1 aliphatic rings. The maximum Gasteiger partial charge on any atom is 0.274 e. The lowest BCUT2D eigenvalue weighted by Gasteiger charge is -2.22. The fourth-order valence-electron chi connectivity index (χ4n) is 5.04. The molecule has 0 fully saturated rings. The van der Waals surface area contributed by atoms with Crippen molar-refractivity contribution in [2.75, 3.05) is 0 Å². The van der Waals surface area contributed by atoms with Gasteiger partial charge in [-0.1, -0.05) is 109 Å². The molecule has 5 nitrogen and oxygen atoms in total. The maximum absolute atomic E-state index is 13.5. The lowest BCUT2D eigenvalue weighted by atomic mass is 9.84. The Morgan fingerprint density at radius 1 is 0.700 bits per heavy atom. The Hall–Kier alpha value is -5.43. The number of benzene rings is 4. The minimum absolute atomic E-state index is 0.0639. The van der Waals surface area contributed by atoms with Gasteiger partial charge in [0.25, 0.3) is 5.56 Å². The predicted molar refractivity (Wildman–Crippen MR) is 160 cm³/mol. The van der Waals surface area contributed by atoms with Crippen molar-refractivity contribution in [3.05, 3.63) is 145 Å². The summed E-state index contributed by atoms with van der Waals surface area (Å²) in [7, 11) is 0. The van der Waals surface area contributed by atoms with Crippen LogP contribution in [0.2, 0.25) is 0 Å². The zero-order valence-corrected chi connectivity index (χ0v) is 22.1. The second-order valence-electron chi connectivity index (χ2n) is 9.40. The van der Waals surface area contributed by atoms with Gasteiger partial charge < -0.3 is 5.73 Å². The monoisotopic (exact) mass is 534 g/mol. The number of thiazole rings is 1. The normalized spacial score (nSPS) is 14.9. The smallest absolute Gasteiger partial charge is 0.274 e. The molecule has 0 aliphatic carbocycles. The Kier molecular flexibility index (Phi) is 6.46. The van der Waals surface area contributed by atoms with E-state index in [1.165, 1.54) is 15.9 Å². The van der Waals surface area contributed by atoms with Gasteiger partial charge in [-0.2, -0.15) is 10.5 Å². The number of rotatable bonds is 4. The first-order chi connectivity index (χ1) is 19.6. The molecule has 190 valence electrons. The van der Waals surface area contributed by atoms with E-state index < -0.39 is 5.92 Å². The van der Waals surface area contributed by atoms with Gasteiger partial charge in [0.05, 0.1) is 33.7 Å². The Bertz CT molecular complexity index is 2020. The predicted octanol–water partition coefficient (Wildman–Crippen LogP) is 5.20. The zero-order valence-electron chi connectivity index (χ0n) is 21.3. The molecule has 1 atom stereocenters. The van der Waals surface area contributed by atoms with E-state index in [9.17, 15) is 15.3 Å². The van der Waals surface area contributed by atoms with Gasteiger partial charge in [-0.05, 0) is 39.5 Å². The van der Waals surface area contributed by atoms with Crippen LogP contribution in [-0.4, -0.2) is 4.57 Å². The number of fused-ring (bicyclic) bond motifs is 1. The Morgan fingerprint density at radius 3 is 1.73 bits per heavy atom. The summed E-state index contributed by atoms with van der Waals surface area (Å²) in [5, 5.41) is 20.3. The van der Waals surface area contributed by atoms with Crippen LogP contribution in [-0.2, 0) is 0 Å². The van der Waals surface area contributed by atoms with Crippen LogP contribution in [0.3, 0.4) is 0 Å². The molecule has 0 saturated carbocycles. The van der Waals surface area contributed by atoms with Gasteiger partial charge in [-0.15, -0.1) is 11.3 Å². The average molecular weight is 535 g/mol. The van der Waals surface area contributed by atoms with Crippen LogP contribution in [0.1, 0.15) is 17.0 Å². The zero-order chi connectivity index (χ0) is 27.6. The van der Waals surface area contributed by atoms with E-state index in [4.69, 9.17) is 5.73 Å². The van der Waals surface area contributed by atoms with Crippen molar-refractivity contribution < 1.29 is 0 Å². The van der Waals surface area contributed by atoms with Crippen molar-refractivity contribution in [2.24, 2.45) is 5.73 Å². The summed E-state index contributed by atoms with van der Waals surface area (Å²) in [6.45, 7) is 0. The van der Waals surface area contributed by atoms with Gasteiger partial charge in [0.2, 0.25) is 0 Å². The summed E-state index contributed by atoms with van der Waals surface area (Å²) < 4.78 is 2.20. The van der Waals surface area contributed by atoms with E-state index >= 15 is 0 Å². The van der Waals surface area contributed by atoms with Gasteiger partial charge in [0.15, 0.2) is 0 Å². The molecule has 40 heavy (non-hydrogen) atoms. The number of hydrogen-bond donors (Lipinski definition) is 1. The summed E-state index contributed by atoms with van der Waals surface area (Å²) in [6, 6.07) is 40.2. The number of nitrogens with zero attached hydrogens (tertiary/aromatic N) is 3. The highest BCUT2D eigenvalue weighted by Gasteiger charge is 2.32. The first-order valence-electron chi connectivity index (χ1n) is 12.7. The minimum atomic E-state index is -0.657. The molecule has 0 spiro atoms. The molecule has 0 radical (unpaired) electrons. The fraction of sp³-hybridized carbons (Fsp3) is 0.0294. The van der Waals surface area contributed by atoms with Crippen molar-refractivity contribution in [1.29, 1.82) is 10.5 Å². The quantitative estimate of drug-likeness (QED) is 0.343. The highest BCUT2D eigenvalue weighted by Crippen LogP contribution is 2.36. The molecule has 1 aromatic heterocycles. The fourth-order valence-corrected chi connectivity index (χ4v) is 6.17. The molecule has 2 N–H and O–H groups in total. The summed E-state index contributed by atoms with van der Waals surface area (Å²) in [4.78, 5) is 13.5. The topological polar surface area (TPSA) is 95.6 Å². The van der Waals surface area contributed by atoms with Gasteiger partial charge in [0.1, 0.15) is 10.5 Å². The number of nitrogens with two attached hydrogens (primary N) is 1. The number of hydrogen-bond acceptors (Lipinski definition) is 5. The summed E-state index contributed by atoms with van der Waals surface area (Å²) >= 11 is 1.22. The van der Waals surface area contributed by atoms with Crippen LogP contribution < -0.4 is 20.5 Å². The minimum Gasteiger partial charge on any atom is -0.384 e. The highest BCUT2D eigenvalue weighted by atomic mass is 32.1. The van der Waals surface area contributed by atoms with Crippen LogP contribution in [0.5, 0.6) is 0 Å². The van der Waals surface area contributed by atoms with Crippen LogP contribution in [0.4, 0.5) is 0 Å². The van der Waals surface area contributed by atoms with Crippen molar-refractivity contribution in [3.63, 3.8) is 0 Å². The van der Waals surface area contributed by atoms with Crippen molar-refractivity contribution in [2.45, 2.75) is 5.92 Å². The van der Waals surface area contributed by atoms with E-state index in [2.05, 4.69) is 12.1 Å². The van der Waals surface area contributed by atoms with Crippen molar-refractivity contribution in [1.82, 2.24) is 4.57 Å². The molecule has 1 aliphatic heterocycles. The van der Waals surface area contributed by atoms with Gasteiger partial charge >= 0.3 is 0 Å². The molecule has 6 rings (SSSR count). The summed E-state index contributed by atoms with van der Waals surface area (Å²) in [5.74, 6) is -0.593. The summed E-state index contributed by atoms with van der Waals surface area (Å²) in [6.07, 6.45) is 1.80. The second kappa shape index (κ2) is 10.4. The molecule has 6 heteroatoms. The van der Waals surface area contributed by atoms with Crippen LogP contribution in [0.25, 0.3) is 39.7 Å². The molecular weight excluding hydrogens is 512 g/mol. The molecule has 4 aromatic carbocycles. The Labute approximate surface area is 234 Å². The molecule has 0 bridgehead atoms. The van der Waals surface area contributed by atoms with Gasteiger partial charge in [-0.25, -0.2) is 0 Å². The molecule has 5 aromatic rings. The van der Waals surface area contributed by atoms with Crippen LogP contribution in [0.15, 0.2) is 120 Å². The second-order valence-corrected chi connectivity index (χ2v) is 10.4. The van der Waals surface area contributed by atoms with E-state index in [0.717, 1.165) is 33.4 Å². The molecule has 2 heterocycles. The SMILES string of the molecule is N#CC1=C(N)n2c(s/c(=C\c3ccc(-c4ccccc4)cc3)c2=O)=C(C#N)[C@H]1c1ccc(-c2ccccc2)cc1. The Morgan fingerprint density at radius 2 is 1.20 bits per heavy atom. The maximum atomic E-state index is 13.5. The number of aromatic nitrogens is 1.